The molecule has 0 aromatic heterocycles. The highest BCUT2D eigenvalue weighted by molar-refractivity contribution is 5.79. The average molecular weight is 375 g/mol. The van der Waals surface area contributed by atoms with E-state index in [1.54, 1.807) is 5.57 Å². The molecular weight excluding hydrogens is 336 g/mol. The van der Waals surface area contributed by atoms with Gasteiger partial charge in [0.2, 0.25) is 0 Å². The third-order valence-electron chi connectivity index (χ3n) is 8.80. The van der Waals surface area contributed by atoms with Crippen LogP contribution >= 0.6 is 0 Å². The molecule has 152 valence electrons. The monoisotopic (exact) mass is 374 g/mol. The van der Waals surface area contributed by atoms with Crippen molar-refractivity contribution in [3.63, 3.8) is 0 Å². The fourth-order valence-electron chi connectivity index (χ4n) is 7.37. The molecule has 0 N–H and O–H groups in total. The van der Waals surface area contributed by atoms with Crippen LogP contribution < -0.4 is 0 Å². The van der Waals surface area contributed by atoms with Crippen molar-refractivity contribution >= 4 is 11.8 Å². The first kappa shape index (κ1) is 20.6. The van der Waals surface area contributed by atoms with Crippen molar-refractivity contribution < 1.29 is 14.3 Å². The van der Waals surface area contributed by atoms with Crippen LogP contribution in [0, 0.1) is 34.5 Å². The fraction of sp³-hybridized carbons (Fsp3) is 0.833. The Balaban J connectivity index is 0.000000376. The van der Waals surface area contributed by atoms with Crippen molar-refractivity contribution in [1.82, 2.24) is 0 Å². The molecule has 0 aliphatic heterocycles. The molecule has 3 saturated carbocycles. The number of carbonyl (C=O) groups is 2. The number of ether oxygens (including phenoxy) is 1. The summed E-state index contributed by atoms with van der Waals surface area (Å²) in [6.07, 6.45) is 14.7. The van der Waals surface area contributed by atoms with Crippen molar-refractivity contribution in [2.24, 2.45) is 34.5 Å². The number of rotatable bonds is 1. The zero-order chi connectivity index (χ0) is 19.8. The van der Waals surface area contributed by atoms with Crippen molar-refractivity contribution in [3.05, 3.63) is 11.6 Å². The largest absolute Gasteiger partial charge is 0.469 e. The lowest BCUT2D eigenvalue weighted by Crippen LogP contribution is -2.50. The molecule has 3 fully saturated rings. The van der Waals surface area contributed by atoms with Gasteiger partial charge in [-0.15, -0.1) is 0 Å². The van der Waals surface area contributed by atoms with Gasteiger partial charge in [-0.1, -0.05) is 31.9 Å². The van der Waals surface area contributed by atoms with Gasteiger partial charge in [0.05, 0.1) is 7.11 Å². The summed E-state index contributed by atoms with van der Waals surface area (Å²) in [6, 6.07) is 0. The molecule has 0 amide bonds. The van der Waals surface area contributed by atoms with E-state index in [0.29, 0.717) is 22.5 Å². The molecule has 27 heavy (non-hydrogen) atoms. The second-order valence-electron chi connectivity index (χ2n) is 9.95. The minimum absolute atomic E-state index is 0.245. The molecule has 3 unspecified atom stereocenters. The van der Waals surface area contributed by atoms with Crippen LogP contribution in [0.1, 0.15) is 85.5 Å². The number of hydrogen-bond acceptors (Lipinski definition) is 3. The van der Waals surface area contributed by atoms with E-state index in [1.807, 2.05) is 6.92 Å². The number of allylic oxidation sites excluding steroid dienone is 2. The summed E-state index contributed by atoms with van der Waals surface area (Å²) in [5, 5.41) is 0. The van der Waals surface area contributed by atoms with Gasteiger partial charge in [0.1, 0.15) is 5.78 Å². The molecule has 4 rings (SSSR count). The number of hydrogen-bond donors (Lipinski definition) is 0. The molecule has 0 heterocycles. The number of ketones is 1. The minimum atomic E-state index is -0.245. The lowest BCUT2D eigenvalue weighted by atomic mass is 9.47. The molecule has 3 heteroatoms. The summed E-state index contributed by atoms with van der Waals surface area (Å²) in [7, 11) is 1.35. The summed E-state index contributed by atoms with van der Waals surface area (Å²) in [4.78, 5) is 21.7. The molecule has 0 aromatic rings. The van der Waals surface area contributed by atoms with E-state index in [2.05, 4.69) is 24.7 Å². The number of fused-ring (bicyclic) bond motifs is 5. The Morgan fingerprint density at radius 1 is 1.04 bits per heavy atom. The Morgan fingerprint density at radius 2 is 1.74 bits per heavy atom. The van der Waals surface area contributed by atoms with E-state index in [1.165, 1.54) is 65.4 Å². The van der Waals surface area contributed by atoms with E-state index >= 15 is 0 Å². The van der Waals surface area contributed by atoms with Crippen LogP contribution in [0.3, 0.4) is 0 Å². The maximum Gasteiger partial charge on any atom is 0.302 e. The van der Waals surface area contributed by atoms with E-state index in [9.17, 15) is 9.59 Å². The highest BCUT2D eigenvalue weighted by Gasteiger charge is 2.58. The second-order valence-corrected chi connectivity index (χ2v) is 9.95. The van der Waals surface area contributed by atoms with Crippen LogP contribution in [0.4, 0.5) is 0 Å². The minimum Gasteiger partial charge on any atom is -0.469 e. The first-order valence-electron chi connectivity index (χ1n) is 11.0. The molecule has 4 aliphatic rings. The standard InChI is InChI=1S/C21H32O.C3H6O2/c1-14(22)17-9-10-18-16-8-7-15-6-4-5-12-20(15,2)19(16)11-13-21(17,18)3;1-3(4)5-2/h7,16-19H,4-6,8-13H2,1-3H3;1-2H3/t16?,17-,18?,19?,20+,21-;/m1./s1. The third kappa shape index (κ3) is 3.51. The summed E-state index contributed by atoms with van der Waals surface area (Å²) in [6.45, 7) is 8.23. The fourth-order valence-corrected chi connectivity index (χ4v) is 7.37. The number of methoxy groups -OCH3 is 1. The molecule has 6 atom stereocenters. The average Bonchev–Trinajstić information content (AvgIpc) is 2.99. The SMILES string of the molecule is CC(=O)[C@H]1CCC2C3CC=C4CCCC[C@]4(C)C3CC[C@@]21C.COC(C)=O. The van der Waals surface area contributed by atoms with Gasteiger partial charge in [0.25, 0.3) is 0 Å². The molecule has 3 nitrogen and oxygen atoms in total. The summed E-state index contributed by atoms with van der Waals surface area (Å²) >= 11 is 0. The van der Waals surface area contributed by atoms with Crippen LogP contribution in [-0.4, -0.2) is 18.9 Å². The Bertz CT molecular complexity index is 621. The Kier molecular flexibility index (Phi) is 5.89. The third-order valence-corrected chi connectivity index (χ3v) is 8.80. The first-order chi connectivity index (χ1) is 12.7. The highest BCUT2D eigenvalue weighted by atomic mass is 16.5. The molecule has 0 aromatic carbocycles. The second kappa shape index (κ2) is 7.72. The zero-order valence-corrected chi connectivity index (χ0v) is 18.0. The van der Waals surface area contributed by atoms with Gasteiger partial charge in [0.15, 0.2) is 0 Å². The van der Waals surface area contributed by atoms with Crippen molar-refractivity contribution in [3.8, 4) is 0 Å². The van der Waals surface area contributed by atoms with Gasteiger partial charge in [-0.05, 0) is 86.9 Å². The lowest BCUT2D eigenvalue weighted by molar-refractivity contribution is -0.138. The number of Topliss-reactive ketones (excluding diaryl/α,β-unsaturated/α-hetero) is 1. The quantitative estimate of drug-likeness (QED) is 0.435. The molecular formula is C24H38O3. The first-order valence-corrected chi connectivity index (χ1v) is 11.0. The predicted octanol–water partition coefficient (Wildman–Crippen LogP) is 5.72. The maximum atomic E-state index is 12.1. The van der Waals surface area contributed by atoms with Gasteiger partial charge in [-0.3, -0.25) is 9.59 Å². The molecule has 0 radical (unpaired) electrons. The topological polar surface area (TPSA) is 43.4 Å². The van der Waals surface area contributed by atoms with E-state index < -0.39 is 0 Å². The van der Waals surface area contributed by atoms with Gasteiger partial charge in [0, 0.05) is 12.8 Å². The number of esters is 1. The molecule has 0 saturated heterocycles. The molecule has 0 bridgehead atoms. The maximum absolute atomic E-state index is 12.1. The molecule has 0 spiro atoms. The van der Waals surface area contributed by atoms with Gasteiger partial charge >= 0.3 is 5.97 Å². The van der Waals surface area contributed by atoms with Gasteiger partial charge in [-0.2, -0.15) is 0 Å². The summed E-state index contributed by atoms with van der Waals surface area (Å²) in [5.41, 5.74) is 2.60. The van der Waals surface area contributed by atoms with Gasteiger partial charge in [-0.25, -0.2) is 0 Å². The van der Waals surface area contributed by atoms with Crippen LogP contribution in [0.15, 0.2) is 11.6 Å². The van der Waals surface area contributed by atoms with Crippen molar-refractivity contribution in [2.75, 3.05) is 7.11 Å². The van der Waals surface area contributed by atoms with Gasteiger partial charge < -0.3 is 4.74 Å². The van der Waals surface area contributed by atoms with Crippen LogP contribution in [-0.2, 0) is 14.3 Å². The smallest absolute Gasteiger partial charge is 0.302 e. The van der Waals surface area contributed by atoms with E-state index in [0.717, 1.165) is 24.2 Å². The predicted molar refractivity (Wildman–Crippen MR) is 108 cm³/mol. The van der Waals surface area contributed by atoms with E-state index in [-0.39, 0.29) is 5.97 Å². The summed E-state index contributed by atoms with van der Waals surface area (Å²) in [5.74, 6) is 3.12. The normalized spacial score (nSPS) is 42.5. The summed E-state index contributed by atoms with van der Waals surface area (Å²) < 4.78 is 4.11. The Hall–Kier alpha value is -1.12. The Labute approximate surface area is 165 Å². The van der Waals surface area contributed by atoms with Crippen LogP contribution in [0.2, 0.25) is 0 Å². The molecule has 4 aliphatic carbocycles. The highest BCUT2D eigenvalue weighted by Crippen LogP contribution is 2.66. The van der Waals surface area contributed by atoms with Crippen molar-refractivity contribution in [1.29, 1.82) is 0 Å². The van der Waals surface area contributed by atoms with Crippen molar-refractivity contribution in [2.45, 2.75) is 85.5 Å². The van der Waals surface area contributed by atoms with Crippen LogP contribution in [0.25, 0.3) is 0 Å². The van der Waals surface area contributed by atoms with E-state index in [4.69, 9.17) is 0 Å². The zero-order valence-electron chi connectivity index (χ0n) is 18.0. The van der Waals surface area contributed by atoms with Crippen LogP contribution in [0.5, 0.6) is 0 Å². The lowest BCUT2D eigenvalue weighted by Gasteiger charge is -2.57. The number of carbonyl (C=O) groups excluding carboxylic acids is 2. The Morgan fingerprint density at radius 3 is 2.37 bits per heavy atom.